The molecule has 0 aliphatic carbocycles. The predicted octanol–water partition coefficient (Wildman–Crippen LogP) is 3.50. The zero-order valence-electron chi connectivity index (χ0n) is 15.6. The van der Waals surface area contributed by atoms with E-state index in [1.807, 2.05) is 31.2 Å². The van der Waals surface area contributed by atoms with Crippen molar-refractivity contribution < 1.29 is 14.3 Å². The van der Waals surface area contributed by atoms with Gasteiger partial charge in [-0.3, -0.25) is 4.79 Å². The first kappa shape index (κ1) is 19.0. The van der Waals surface area contributed by atoms with Crippen molar-refractivity contribution in [3.8, 4) is 0 Å². The molecule has 2 N–H and O–H groups in total. The molecule has 0 unspecified atom stereocenters. The second kappa shape index (κ2) is 8.77. The molecule has 0 spiro atoms. The molecule has 0 aliphatic rings. The van der Waals surface area contributed by atoms with E-state index >= 15 is 0 Å². The van der Waals surface area contributed by atoms with Crippen LogP contribution in [0.15, 0.2) is 60.7 Å². The number of amides is 1. The first-order chi connectivity index (χ1) is 13.5. The molecular weight excluding hydrogens is 356 g/mol. The SMILES string of the molecule is COC(=O)c1ccc(Nc2ccc(NC(=O)Cc3ccccc3C)nn2)cc1. The maximum atomic E-state index is 12.2. The fourth-order valence-electron chi connectivity index (χ4n) is 2.59. The Morgan fingerprint density at radius 2 is 1.61 bits per heavy atom. The van der Waals surface area contributed by atoms with Gasteiger partial charge in [-0.1, -0.05) is 24.3 Å². The average Bonchev–Trinajstić information content (AvgIpc) is 2.71. The number of hydrogen-bond donors (Lipinski definition) is 2. The number of carbonyl (C=O) groups excluding carboxylic acids is 2. The fourth-order valence-corrected chi connectivity index (χ4v) is 2.59. The van der Waals surface area contributed by atoms with Crippen molar-refractivity contribution in [2.45, 2.75) is 13.3 Å². The molecule has 3 aromatic rings. The normalized spacial score (nSPS) is 10.2. The minimum Gasteiger partial charge on any atom is -0.465 e. The lowest BCUT2D eigenvalue weighted by Crippen LogP contribution is -2.16. The highest BCUT2D eigenvalue weighted by Gasteiger charge is 2.08. The molecule has 0 bridgehead atoms. The average molecular weight is 376 g/mol. The number of aromatic nitrogens is 2. The molecule has 0 saturated heterocycles. The Labute approximate surface area is 162 Å². The minimum absolute atomic E-state index is 0.150. The van der Waals surface area contributed by atoms with E-state index in [-0.39, 0.29) is 12.3 Å². The highest BCUT2D eigenvalue weighted by molar-refractivity contribution is 5.91. The maximum absolute atomic E-state index is 12.2. The summed E-state index contributed by atoms with van der Waals surface area (Å²) in [5.74, 6) is 0.354. The van der Waals surface area contributed by atoms with Crippen LogP contribution in [-0.2, 0) is 16.0 Å². The molecule has 28 heavy (non-hydrogen) atoms. The monoisotopic (exact) mass is 376 g/mol. The molecule has 7 heteroatoms. The summed E-state index contributed by atoms with van der Waals surface area (Å²) < 4.78 is 4.67. The number of nitrogens with zero attached hydrogens (tertiary/aromatic N) is 2. The van der Waals surface area contributed by atoms with Crippen LogP contribution in [0.3, 0.4) is 0 Å². The van der Waals surface area contributed by atoms with Crippen LogP contribution in [0.25, 0.3) is 0 Å². The van der Waals surface area contributed by atoms with Gasteiger partial charge in [0.15, 0.2) is 11.6 Å². The number of esters is 1. The van der Waals surface area contributed by atoms with Crippen molar-refractivity contribution in [2.75, 3.05) is 17.7 Å². The van der Waals surface area contributed by atoms with Gasteiger partial charge >= 0.3 is 5.97 Å². The standard InChI is InChI=1S/C21H20N4O3/c1-14-5-3-4-6-16(14)13-20(26)23-19-12-11-18(24-25-19)22-17-9-7-15(8-10-17)21(27)28-2/h3-12H,13H2,1-2H3,(H,22,24)(H,23,25,26). The van der Waals surface area contributed by atoms with Gasteiger partial charge in [-0.25, -0.2) is 4.79 Å². The summed E-state index contributed by atoms with van der Waals surface area (Å²) in [4.78, 5) is 23.6. The van der Waals surface area contributed by atoms with Crippen LogP contribution < -0.4 is 10.6 Å². The number of methoxy groups -OCH3 is 1. The van der Waals surface area contributed by atoms with Crippen LogP contribution in [0.4, 0.5) is 17.3 Å². The molecule has 142 valence electrons. The Kier molecular flexibility index (Phi) is 5.96. The Morgan fingerprint density at radius 1 is 0.929 bits per heavy atom. The van der Waals surface area contributed by atoms with E-state index in [0.29, 0.717) is 17.2 Å². The predicted molar refractivity (Wildman–Crippen MR) is 107 cm³/mol. The number of aryl methyl sites for hydroxylation is 1. The maximum Gasteiger partial charge on any atom is 0.337 e. The van der Waals surface area contributed by atoms with Crippen LogP contribution in [0.5, 0.6) is 0 Å². The number of hydrogen-bond acceptors (Lipinski definition) is 6. The highest BCUT2D eigenvalue weighted by Crippen LogP contribution is 2.16. The second-order valence-electron chi connectivity index (χ2n) is 6.15. The molecule has 0 aliphatic heterocycles. The van der Waals surface area contributed by atoms with E-state index in [1.165, 1.54) is 7.11 Å². The number of benzene rings is 2. The molecule has 1 aromatic heterocycles. The second-order valence-corrected chi connectivity index (χ2v) is 6.15. The molecular formula is C21H20N4O3. The van der Waals surface area contributed by atoms with Crippen molar-refractivity contribution in [3.05, 3.63) is 77.4 Å². The van der Waals surface area contributed by atoms with E-state index in [2.05, 4.69) is 25.6 Å². The smallest absolute Gasteiger partial charge is 0.337 e. The van der Waals surface area contributed by atoms with Gasteiger partial charge in [-0.15, -0.1) is 10.2 Å². The van der Waals surface area contributed by atoms with E-state index in [9.17, 15) is 9.59 Å². The Morgan fingerprint density at radius 3 is 2.25 bits per heavy atom. The number of nitrogens with one attached hydrogen (secondary N) is 2. The van der Waals surface area contributed by atoms with Gasteiger partial charge in [0.05, 0.1) is 19.1 Å². The largest absolute Gasteiger partial charge is 0.465 e. The van der Waals surface area contributed by atoms with Crippen molar-refractivity contribution in [3.63, 3.8) is 0 Å². The number of ether oxygens (including phenoxy) is 1. The summed E-state index contributed by atoms with van der Waals surface area (Å²) in [6.45, 7) is 1.97. The number of rotatable bonds is 6. The summed E-state index contributed by atoms with van der Waals surface area (Å²) >= 11 is 0. The van der Waals surface area contributed by atoms with Crippen molar-refractivity contribution in [1.29, 1.82) is 0 Å². The van der Waals surface area contributed by atoms with Crippen LogP contribution in [0.1, 0.15) is 21.5 Å². The van der Waals surface area contributed by atoms with Gasteiger partial charge in [0.1, 0.15) is 0 Å². The molecule has 0 atom stereocenters. The van der Waals surface area contributed by atoms with Gasteiger partial charge in [0.2, 0.25) is 5.91 Å². The third-order valence-electron chi connectivity index (χ3n) is 4.12. The summed E-state index contributed by atoms with van der Waals surface area (Å²) in [6, 6.07) is 17.9. The van der Waals surface area contributed by atoms with Gasteiger partial charge in [0, 0.05) is 5.69 Å². The number of carbonyl (C=O) groups is 2. The van der Waals surface area contributed by atoms with Crippen LogP contribution in [0.2, 0.25) is 0 Å². The molecule has 0 fully saturated rings. The third kappa shape index (κ3) is 4.91. The lowest BCUT2D eigenvalue weighted by Gasteiger charge is -2.08. The van der Waals surface area contributed by atoms with E-state index in [0.717, 1.165) is 16.8 Å². The van der Waals surface area contributed by atoms with Crippen LogP contribution >= 0.6 is 0 Å². The van der Waals surface area contributed by atoms with Crippen molar-refractivity contribution in [1.82, 2.24) is 10.2 Å². The zero-order valence-corrected chi connectivity index (χ0v) is 15.6. The molecule has 3 rings (SSSR count). The Bertz CT molecular complexity index is 970. The third-order valence-corrected chi connectivity index (χ3v) is 4.12. The van der Waals surface area contributed by atoms with Gasteiger partial charge in [0.25, 0.3) is 0 Å². The first-order valence-electron chi connectivity index (χ1n) is 8.68. The van der Waals surface area contributed by atoms with Crippen LogP contribution in [-0.4, -0.2) is 29.2 Å². The zero-order chi connectivity index (χ0) is 19.9. The number of anilines is 3. The highest BCUT2D eigenvalue weighted by atomic mass is 16.5. The van der Waals surface area contributed by atoms with Crippen molar-refractivity contribution >= 4 is 29.2 Å². The Balaban J connectivity index is 1.58. The van der Waals surface area contributed by atoms with E-state index < -0.39 is 5.97 Å². The van der Waals surface area contributed by atoms with Gasteiger partial charge in [-0.2, -0.15) is 0 Å². The fraction of sp³-hybridized carbons (Fsp3) is 0.143. The van der Waals surface area contributed by atoms with Crippen LogP contribution in [0, 0.1) is 6.92 Å². The van der Waals surface area contributed by atoms with Crippen molar-refractivity contribution in [2.24, 2.45) is 0 Å². The summed E-state index contributed by atoms with van der Waals surface area (Å²) in [5.41, 5.74) is 3.26. The first-order valence-corrected chi connectivity index (χ1v) is 8.68. The quantitative estimate of drug-likeness (QED) is 0.640. The summed E-state index contributed by atoms with van der Waals surface area (Å²) in [7, 11) is 1.34. The lowest BCUT2D eigenvalue weighted by molar-refractivity contribution is -0.115. The molecule has 1 heterocycles. The molecule has 0 saturated carbocycles. The minimum atomic E-state index is -0.392. The molecule has 2 aromatic carbocycles. The lowest BCUT2D eigenvalue weighted by atomic mass is 10.1. The van der Waals surface area contributed by atoms with Gasteiger partial charge in [-0.05, 0) is 54.4 Å². The molecule has 7 nitrogen and oxygen atoms in total. The van der Waals surface area contributed by atoms with E-state index in [1.54, 1.807) is 36.4 Å². The van der Waals surface area contributed by atoms with Gasteiger partial charge < -0.3 is 15.4 Å². The Hall–Kier alpha value is -3.74. The molecule has 1 amide bonds. The molecule has 0 radical (unpaired) electrons. The topological polar surface area (TPSA) is 93.2 Å². The van der Waals surface area contributed by atoms with E-state index in [4.69, 9.17) is 0 Å². The summed E-state index contributed by atoms with van der Waals surface area (Å²) in [5, 5.41) is 13.9. The summed E-state index contributed by atoms with van der Waals surface area (Å²) in [6.07, 6.45) is 0.279.